The van der Waals surface area contributed by atoms with Crippen LogP contribution in [0.2, 0.25) is 0 Å². The molecule has 3 atom stereocenters. The molecule has 0 saturated heterocycles. The Morgan fingerprint density at radius 3 is 3.00 bits per heavy atom. The summed E-state index contributed by atoms with van der Waals surface area (Å²) >= 11 is 0. The molecular weight excluding hydrogens is 358 g/mol. The van der Waals surface area contributed by atoms with Crippen LogP contribution < -0.4 is 10.8 Å². The normalized spacial score (nSPS) is 25.2. The van der Waals surface area contributed by atoms with Crippen molar-refractivity contribution in [2.45, 2.75) is 50.7 Å². The molecule has 4 rings (SSSR count). The average Bonchev–Trinajstić information content (AvgIpc) is 3.10. The lowest BCUT2D eigenvalue weighted by Crippen LogP contribution is -2.38. The quantitative estimate of drug-likeness (QED) is 0.475. The van der Waals surface area contributed by atoms with Gasteiger partial charge in [0.05, 0.1) is 17.8 Å². The van der Waals surface area contributed by atoms with Crippen molar-refractivity contribution in [3.05, 3.63) is 23.9 Å². The number of alkyl carbamates (subject to hydrolysis) is 1. The molecule has 4 N–H and O–H groups in total. The zero-order valence-electron chi connectivity index (χ0n) is 15.7. The first-order valence-electron chi connectivity index (χ1n) is 9.55. The highest BCUT2D eigenvalue weighted by Crippen LogP contribution is 2.38. The van der Waals surface area contributed by atoms with E-state index in [1.165, 1.54) is 6.20 Å². The molecular formula is C19H23N7O2. The summed E-state index contributed by atoms with van der Waals surface area (Å²) in [6, 6.07) is 3.93. The van der Waals surface area contributed by atoms with Gasteiger partial charge >= 0.3 is 6.09 Å². The highest BCUT2D eigenvalue weighted by Gasteiger charge is 2.46. The number of hydrogen-bond donors (Lipinski definition) is 4. The third kappa shape index (κ3) is 3.15. The Bertz CT molecular complexity index is 1030. The zero-order valence-corrected chi connectivity index (χ0v) is 15.7. The Kier molecular flexibility index (Phi) is 4.41. The van der Waals surface area contributed by atoms with Gasteiger partial charge < -0.3 is 15.0 Å². The average molecular weight is 381 g/mol. The molecule has 9 heteroatoms. The van der Waals surface area contributed by atoms with E-state index in [0.717, 1.165) is 6.42 Å². The number of ether oxygens (including phenoxy) is 1. The van der Waals surface area contributed by atoms with Crippen molar-refractivity contribution in [2.75, 3.05) is 0 Å². The third-order valence-electron chi connectivity index (χ3n) is 5.85. The second-order valence-corrected chi connectivity index (χ2v) is 7.67. The summed E-state index contributed by atoms with van der Waals surface area (Å²) in [7, 11) is 0. The van der Waals surface area contributed by atoms with Gasteiger partial charge in [0.1, 0.15) is 23.0 Å². The molecule has 2 aromatic heterocycles. The lowest BCUT2D eigenvalue weighted by atomic mass is 9.92. The number of fused-ring (bicyclic) bond motifs is 1. The number of hydrogen-bond acceptors (Lipinski definition) is 6. The third-order valence-corrected chi connectivity index (χ3v) is 5.85. The highest BCUT2D eigenvalue weighted by molar-refractivity contribution is 5.91. The number of amides is 1. The van der Waals surface area contributed by atoms with E-state index in [-0.39, 0.29) is 23.4 Å². The van der Waals surface area contributed by atoms with E-state index in [1.54, 1.807) is 10.8 Å². The molecule has 2 aromatic rings. The molecule has 2 saturated carbocycles. The van der Waals surface area contributed by atoms with Gasteiger partial charge in [0.2, 0.25) is 0 Å². The van der Waals surface area contributed by atoms with E-state index in [0.29, 0.717) is 42.7 Å². The molecule has 2 fully saturated rings. The van der Waals surface area contributed by atoms with Crippen molar-refractivity contribution >= 4 is 23.1 Å². The van der Waals surface area contributed by atoms with Crippen molar-refractivity contribution in [3.63, 3.8) is 0 Å². The second kappa shape index (κ2) is 6.78. The molecule has 2 heterocycles. The monoisotopic (exact) mass is 381 g/mol. The van der Waals surface area contributed by atoms with Crippen LogP contribution in [0, 0.1) is 34.0 Å². The SMILES string of the molecule is CC[C@@H]1C[C@H](OC(=O)NC2(C#N)CC2)C[C@@H]1C(=N)n1c(=N)cnc2[nH]ccc21. The number of aromatic nitrogens is 3. The summed E-state index contributed by atoms with van der Waals surface area (Å²) in [6.45, 7) is 2.06. The molecule has 28 heavy (non-hydrogen) atoms. The van der Waals surface area contributed by atoms with Crippen LogP contribution in [0.1, 0.15) is 39.0 Å². The van der Waals surface area contributed by atoms with Crippen molar-refractivity contribution in [2.24, 2.45) is 11.8 Å². The first-order chi connectivity index (χ1) is 13.5. The van der Waals surface area contributed by atoms with Crippen molar-refractivity contribution < 1.29 is 9.53 Å². The number of rotatable bonds is 4. The summed E-state index contributed by atoms with van der Waals surface area (Å²) in [5.74, 6) is 0.388. The molecule has 2 aliphatic carbocycles. The smallest absolute Gasteiger partial charge is 0.408 e. The van der Waals surface area contributed by atoms with Crippen LogP contribution in [0.5, 0.6) is 0 Å². The number of carbonyl (C=O) groups is 1. The number of H-pyrrole nitrogens is 1. The largest absolute Gasteiger partial charge is 0.446 e. The molecule has 2 aliphatic rings. The first kappa shape index (κ1) is 18.2. The molecule has 0 aromatic carbocycles. The van der Waals surface area contributed by atoms with Gasteiger partial charge in [0.25, 0.3) is 0 Å². The van der Waals surface area contributed by atoms with Gasteiger partial charge in [-0.05, 0) is 37.7 Å². The van der Waals surface area contributed by atoms with Crippen LogP contribution in [0.3, 0.4) is 0 Å². The minimum absolute atomic E-state index is 0.122. The first-order valence-corrected chi connectivity index (χ1v) is 9.55. The summed E-state index contributed by atoms with van der Waals surface area (Å²) in [5.41, 5.74) is 0.724. The predicted octanol–water partition coefficient (Wildman–Crippen LogP) is 2.26. The van der Waals surface area contributed by atoms with E-state index < -0.39 is 11.6 Å². The van der Waals surface area contributed by atoms with Crippen LogP contribution in [0.15, 0.2) is 18.5 Å². The summed E-state index contributed by atoms with van der Waals surface area (Å²) in [5, 5.41) is 28.8. The van der Waals surface area contributed by atoms with Crippen LogP contribution in [-0.2, 0) is 4.74 Å². The van der Waals surface area contributed by atoms with Gasteiger partial charge in [-0.2, -0.15) is 5.26 Å². The molecule has 9 nitrogen and oxygen atoms in total. The van der Waals surface area contributed by atoms with Gasteiger partial charge in [-0.3, -0.25) is 15.4 Å². The van der Waals surface area contributed by atoms with Crippen LogP contribution >= 0.6 is 0 Å². The van der Waals surface area contributed by atoms with Gasteiger partial charge in [0.15, 0.2) is 5.65 Å². The van der Waals surface area contributed by atoms with Crippen LogP contribution in [0.4, 0.5) is 4.79 Å². The van der Waals surface area contributed by atoms with E-state index in [2.05, 4.69) is 28.3 Å². The fourth-order valence-electron chi connectivity index (χ4n) is 4.10. The maximum atomic E-state index is 12.2. The van der Waals surface area contributed by atoms with Gasteiger partial charge in [-0.1, -0.05) is 13.3 Å². The highest BCUT2D eigenvalue weighted by atomic mass is 16.6. The predicted molar refractivity (Wildman–Crippen MR) is 101 cm³/mol. The van der Waals surface area contributed by atoms with E-state index >= 15 is 0 Å². The second-order valence-electron chi connectivity index (χ2n) is 7.67. The number of nitrogens with one attached hydrogen (secondary N) is 4. The molecule has 0 radical (unpaired) electrons. The lowest BCUT2D eigenvalue weighted by Gasteiger charge is -2.21. The maximum absolute atomic E-state index is 12.2. The number of carbonyl (C=O) groups excluding carboxylic acids is 1. The number of nitriles is 1. The molecule has 1 amide bonds. The Morgan fingerprint density at radius 1 is 1.54 bits per heavy atom. The Hall–Kier alpha value is -3.15. The molecule has 0 spiro atoms. The van der Waals surface area contributed by atoms with Crippen molar-refractivity contribution in [3.8, 4) is 6.07 Å². The minimum Gasteiger partial charge on any atom is -0.446 e. The molecule has 0 bridgehead atoms. The van der Waals surface area contributed by atoms with Crippen LogP contribution in [0.25, 0.3) is 11.2 Å². The topological polar surface area (TPSA) is 143 Å². The Labute approximate surface area is 161 Å². The summed E-state index contributed by atoms with van der Waals surface area (Å²) in [6.07, 6.45) is 5.69. The molecule has 0 aliphatic heterocycles. The molecule has 146 valence electrons. The van der Waals surface area contributed by atoms with Gasteiger partial charge in [-0.15, -0.1) is 0 Å². The van der Waals surface area contributed by atoms with Gasteiger partial charge in [0, 0.05) is 12.1 Å². The minimum atomic E-state index is -0.751. The van der Waals surface area contributed by atoms with Gasteiger partial charge in [-0.25, -0.2) is 9.78 Å². The fourth-order valence-corrected chi connectivity index (χ4v) is 4.10. The Balaban J connectivity index is 1.51. The fraction of sp³-hybridized carbons (Fsp3) is 0.526. The van der Waals surface area contributed by atoms with E-state index in [4.69, 9.17) is 20.8 Å². The standard InChI is InChI=1S/C19H23N7O2/c1-2-11-7-12(28-18(27)25-19(10-20)4-5-19)8-13(11)16(22)26-14-3-6-23-17(14)24-9-15(26)21/h3,6,9,11-13,21-23H,2,4-5,7-8H2,1H3,(H,25,27)/t11-,12+,13+/m1/s1. The lowest BCUT2D eigenvalue weighted by molar-refractivity contribution is 0.0958. The summed E-state index contributed by atoms with van der Waals surface area (Å²) in [4.78, 5) is 19.4. The molecule has 0 unspecified atom stereocenters. The maximum Gasteiger partial charge on any atom is 0.408 e. The number of nitrogens with zero attached hydrogens (tertiary/aromatic N) is 3. The Morgan fingerprint density at radius 2 is 2.32 bits per heavy atom. The van der Waals surface area contributed by atoms with Crippen molar-refractivity contribution in [1.29, 1.82) is 16.1 Å². The van der Waals surface area contributed by atoms with E-state index in [1.807, 2.05) is 6.07 Å². The van der Waals surface area contributed by atoms with E-state index in [9.17, 15) is 4.79 Å². The summed E-state index contributed by atoms with van der Waals surface area (Å²) < 4.78 is 7.17. The number of aromatic amines is 1. The zero-order chi connectivity index (χ0) is 19.9. The van der Waals surface area contributed by atoms with Crippen LogP contribution in [-0.4, -0.2) is 38.1 Å². The van der Waals surface area contributed by atoms with Crippen molar-refractivity contribution in [1.82, 2.24) is 19.9 Å².